The number of anilines is 1. The quantitative estimate of drug-likeness (QED) is 0.477. The molecular weight excluding hydrogens is 466 g/mol. The van der Waals surface area contributed by atoms with Crippen LogP contribution in [0, 0.1) is 12.8 Å². The van der Waals surface area contributed by atoms with Crippen LogP contribution in [0.25, 0.3) is 0 Å². The zero-order valence-corrected chi connectivity index (χ0v) is 22.1. The molecule has 0 unspecified atom stereocenters. The zero-order valence-electron chi connectivity index (χ0n) is 21.2. The number of amides is 2. The zero-order chi connectivity index (χ0) is 26.3. The van der Waals surface area contributed by atoms with Crippen LogP contribution in [0.5, 0.6) is 0 Å². The van der Waals surface area contributed by atoms with E-state index in [1.807, 2.05) is 45.0 Å². The van der Waals surface area contributed by atoms with Gasteiger partial charge in [-0.15, -0.1) is 0 Å². The molecule has 2 rings (SSSR count). The normalized spacial score (nSPS) is 12.2. The van der Waals surface area contributed by atoms with Crippen LogP contribution in [-0.4, -0.2) is 56.3 Å². The van der Waals surface area contributed by atoms with Gasteiger partial charge in [-0.1, -0.05) is 55.8 Å². The third-order valence-corrected chi connectivity index (χ3v) is 6.69. The fourth-order valence-electron chi connectivity index (χ4n) is 3.42. The van der Waals surface area contributed by atoms with Gasteiger partial charge in [0.05, 0.1) is 11.9 Å². The Kier molecular flexibility index (Phi) is 9.59. The van der Waals surface area contributed by atoms with E-state index in [1.54, 1.807) is 19.1 Å². The molecule has 9 heteroatoms. The smallest absolute Gasteiger partial charge is 0.244 e. The summed E-state index contributed by atoms with van der Waals surface area (Å²) >= 11 is 0. The van der Waals surface area contributed by atoms with E-state index >= 15 is 0 Å². The molecule has 2 aromatic carbocycles. The molecule has 0 aromatic heterocycles. The highest BCUT2D eigenvalue weighted by Gasteiger charge is 2.30. The van der Waals surface area contributed by atoms with Crippen molar-refractivity contribution < 1.29 is 22.8 Å². The van der Waals surface area contributed by atoms with Gasteiger partial charge < -0.3 is 10.2 Å². The Bertz CT molecular complexity index is 1160. The Balaban J connectivity index is 2.39. The van der Waals surface area contributed by atoms with Gasteiger partial charge in [-0.05, 0) is 44.4 Å². The maximum Gasteiger partial charge on any atom is 0.244 e. The summed E-state index contributed by atoms with van der Waals surface area (Å²) in [6.07, 6.45) is 1.00. The minimum atomic E-state index is -3.86. The molecule has 190 valence electrons. The van der Waals surface area contributed by atoms with E-state index in [0.717, 1.165) is 21.7 Å². The first kappa shape index (κ1) is 28.0. The average Bonchev–Trinajstić information content (AvgIpc) is 2.79. The second kappa shape index (κ2) is 12.0. The van der Waals surface area contributed by atoms with Gasteiger partial charge in [-0.2, -0.15) is 0 Å². The lowest BCUT2D eigenvalue weighted by Gasteiger charge is -2.31. The molecule has 0 fully saturated rings. The third-order valence-electron chi connectivity index (χ3n) is 5.55. The fourth-order valence-corrected chi connectivity index (χ4v) is 4.26. The molecule has 0 aliphatic rings. The van der Waals surface area contributed by atoms with E-state index in [-0.39, 0.29) is 29.8 Å². The summed E-state index contributed by atoms with van der Waals surface area (Å²) in [6, 6.07) is 12.9. The number of hydrogen-bond donors (Lipinski definition) is 1. The van der Waals surface area contributed by atoms with Crippen LogP contribution in [0.3, 0.4) is 0 Å². The summed E-state index contributed by atoms with van der Waals surface area (Å²) in [4.78, 5) is 39.6. The number of nitrogens with one attached hydrogen (secondary N) is 1. The molecule has 0 aliphatic carbocycles. The minimum Gasteiger partial charge on any atom is -0.354 e. The molecule has 1 atom stereocenters. The highest BCUT2D eigenvalue weighted by atomic mass is 32.2. The predicted molar refractivity (Wildman–Crippen MR) is 138 cm³/mol. The molecule has 1 N–H and O–H groups in total. The molecule has 0 bridgehead atoms. The van der Waals surface area contributed by atoms with Crippen LogP contribution in [0.4, 0.5) is 5.69 Å². The largest absolute Gasteiger partial charge is 0.354 e. The molecule has 0 spiro atoms. The average molecular weight is 502 g/mol. The van der Waals surface area contributed by atoms with E-state index < -0.39 is 28.5 Å². The second-order valence-electron chi connectivity index (χ2n) is 9.20. The Hall–Kier alpha value is -3.20. The maximum atomic E-state index is 13.5. The number of carbonyl (C=O) groups is 3. The van der Waals surface area contributed by atoms with E-state index in [9.17, 15) is 22.8 Å². The van der Waals surface area contributed by atoms with Gasteiger partial charge in [0.2, 0.25) is 21.8 Å². The minimum absolute atomic E-state index is 0.139. The van der Waals surface area contributed by atoms with Crippen molar-refractivity contribution in [2.75, 3.05) is 23.7 Å². The number of carbonyl (C=O) groups excluding carboxylic acids is 3. The number of sulfonamides is 1. The van der Waals surface area contributed by atoms with Crippen molar-refractivity contribution >= 4 is 33.3 Å². The Morgan fingerprint density at radius 1 is 1.00 bits per heavy atom. The molecule has 0 heterocycles. The standard InChI is InChI=1S/C26H35N3O5S/c1-18(2)15-27-26(32)20(4)28(16-22-12-10-19(3)11-13-22)25(31)17-29(35(6,33)34)24-9-7-8-23(14-24)21(5)30/h7-14,18,20H,15-17H2,1-6H3,(H,27,32)/t20-/m0/s1. The van der Waals surface area contributed by atoms with Crippen LogP contribution in [0.1, 0.15) is 49.2 Å². The number of rotatable bonds is 11. The number of aryl methyl sites for hydroxylation is 1. The lowest BCUT2D eigenvalue weighted by molar-refractivity contribution is -0.139. The predicted octanol–water partition coefficient (Wildman–Crippen LogP) is 3.15. The monoisotopic (exact) mass is 501 g/mol. The number of benzene rings is 2. The van der Waals surface area contributed by atoms with Crippen LogP contribution in [-0.2, 0) is 26.2 Å². The molecule has 0 saturated carbocycles. The van der Waals surface area contributed by atoms with Crippen LogP contribution < -0.4 is 9.62 Å². The van der Waals surface area contributed by atoms with Crippen LogP contribution >= 0.6 is 0 Å². The van der Waals surface area contributed by atoms with Gasteiger partial charge in [0.1, 0.15) is 12.6 Å². The summed E-state index contributed by atoms with van der Waals surface area (Å²) < 4.78 is 26.2. The van der Waals surface area contributed by atoms with E-state index in [4.69, 9.17) is 0 Å². The van der Waals surface area contributed by atoms with Crippen LogP contribution in [0.2, 0.25) is 0 Å². The van der Waals surface area contributed by atoms with Crippen molar-refractivity contribution in [1.29, 1.82) is 0 Å². The topological polar surface area (TPSA) is 104 Å². The van der Waals surface area contributed by atoms with Gasteiger partial charge in [0.25, 0.3) is 0 Å². The SMILES string of the molecule is CC(=O)c1cccc(N(CC(=O)N(Cc2ccc(C)cc2)[C@@H](C)C(=O)NCC(C)C)S(C)(=O)=O)c1. The Labute approximate surface area is 208 Å². The van der Waals surface area contributed by atoms with Crippen molar-refractivity contribution in [3.8, 4) is 0 Å². The van der Waals surface area contributed by atoms with Gasteiger partial charge in [0, 0.05) is 18.7 Å². The fraction of sp³-hybridized carbons (Fsp3) is 0.423. The van der Waals surface area contributed by atoms with E-state index in [1.165, 1.54) is 24.0 Å². The molecule has 2 aromatic rings. The third kappa shape index (κ3) is 8.20. The summed E-state index contributed by atoms with van der Waals surface area (Å²) in [7, 11) is -3.86. The van der Waals surface area contributed by atoms with Crippen LogP contribution in [0.15, 0.2) is 48.5 Å². The summed E-state index contributed by atoms with van der Waals surface area (Å²) in [5.41, 5.74) is 2.42. The summed E-state index contributed by atoms with van der Waals surface area (Å²) in [5, 5.41) is 2.85. The van der Waals surface area contributed by atoms with Gasteiger partial charge in [0.15, 0.2) is 5.78 Å². The second-order valence-corrected chi connectivity index (χ2v) is 11.1. The van der Waals surface area contributed by atoms with E-state index in [2.05, 4.69) is 5.32 Å². The van der Waals surface area contributed by atoms with Crippen molar-refractivity contribution in [3.63, 3.8) is 0 Å². The molecule has 35 heavy (non-hydrogen) atoms. The molecule has 0 aliphatic heterocycles. The lowest BCUT2D eigenvalue weighted by Crippen LogP contribution is -2.51. The van der Waals surface area contributed by atoms with Crippen molar-refractivity contribution in [2.45, 2.75) is 47.2 Å². The van der Waals surface area contributed by atoms with E-state index in [0.29, 0.717) is 12.1 Å². The number of Topliss-reactive ketones (excluding diaryl/α,β-unsaturated/α-hetero) is 1. The number of nitrogens with zero attached hydrogens (tertiary/aromatic N) is 2. The highest BCUT2D eigenvalue weighted by Crippen LogP contribution is 2.21. The van der Waals surface area contributed by atoms with Gasteiger partial charge >= 0.3 is 0 Å². The molecule has 8 nitrogen and oxygen atoms in total. The van der Waals surface area contributed by atoms with Gasteiger partial charge in [-0.25, -0.2) is 8.42 Å². The molecule has 0 radical (unpaired) electrons. The van der Waals surface area contributed by atoms with Gasteiger partial charge in [-0.3, -0.25) is 18.7 Å². The Morgan fingerprint density at radius 3 is 2.17 bits per heavy atom. The highest BCUT2D eigenvalue weighted by molar-refractivity contribution is 7.92. The van der Waals surface area contributed by atoms with Crippen molar-refractivity contribution in [3.05, 3.63) is 65.2 Å². The number of ketones is 1. The molecular formula is C26H35N3O5S. The molecule has 2 amide bonds. The first-order chi connectivity index (χ1) is 16.3. The summed E-state index contributed by atoms with van der Waals surface area (Å²) in [5.74, 6) is -0.829. The first-order valence-corrected chi connectivity index (χ1v) is 13.4. The first-order valence-electron chi connectivity index (χ1n) is 11.5. The number of hydrogen-bond acceptors (Lipinski definition) is 5. The Morgan fingerprint density at radius 2 is 1.63 bits per heavy atom. The lowest BCUT2D eigenvalue weighted by atomic mass is 10.1. The van der Waals surface area contributed by atoms with Crippen molar-refractivity contribution in [2.24, 2.45) is 5.92 Å². The van der Waals surface area contributed by atoms with Crippen molar-refractivity contribution in [1.82, 2.24) is 10.2 Å². The summed E-state index contributed by atoms with van der Waals surface area (Å²) in [6.45, 7) is 9.00. The maximum absolute atomic E-state index is 13.5. The molecule has 0 saturated heterocycles.